The Labute approximate surface area is 111 Å². The molecule has 0 radical (unpaired) electrons. The molecule has 0 aliphatic heterocycles. The third-order valence-corrected chi connectivity index (χ3v) is 2.94. The van der Waals surface area contributed by atoms with Crippen LogP contribution in [0.25, 0.3) is 0 Å². The zero-order valence-corrected chi connectivity index (χ0v) is 10.6. The molecule has 0 unspecified atom stereocenters. The Morgan fingerprint density at radius 2 is 2.00 bits per heavy atom. The van der Waals surface area contributed by atoms with Crippen molar-refractivity contribution in [3.63, 3.8) is 0 Å². The first-order valence-electron chi connectivity index (χ1n) is 5.68. The molecule has 0 bridgehead atoms. The van der Waals surface area contributed by atoms with Gasteiger partial charge in [0.25, 0.3) is 5.69 Å². The van der Waals surface area contributed by atoms with Gasteiger partial charge in [-0.25, -0.2) is 4.98 Å². The predicted octanol–water partition coefficient (Wildman–Crippen LogP) is 2.06. The molecule has 1 aromatic rings. The molecule has 1 aromatic heterocycles. The average molecular weight is 274 g/mol. The highest BCUT2D eigenvalue weighted by Crippen LogP contribution is 2.22. The molecule has 0 spiro atoms. The minimum absolute atomic E-state index is 0. The number of nitro groups is 1. The maximum absolute atomic E-state index is 10.4. The normalized spacial score (nSPS) is 22.9. The van der Waals surface area contributed by atoms with E-state index in [9.17, 15) is 10.1 Å². The van der Waals surface area contributed by atoms with E-state index in [1.165, 1.54) is 18.3 Å². The van der Waals surface area contributed by atoms with E-state index in [1.54, 1.807) is 0 Å². The molecule has 1 fully saturated rings. The van der Waals surface area contributed by atoms with Gasteiger partial charge in [-0.3, -0.25) is 10.1 Å². The fourth-order valence-corrected chi connectivity index (χ4v) is 1.93. The van der Waals surface area contributed by atoms with E-state index in [-0.39, 0.29) is 30.2 Å². The van der Waals surface area contributed by atoms with Crippen molar-refractivity contribution >= 4 is 18.1 Å². The van der Waals surface area contributed by atoms with E-state index in [2.05, 4.69) is 4.98 Å². The molecule has 0 saturated heterocycles. The first kappa shape index (κ1) is 14.7. The maximum Gasteiger partial charge on any atom is 0.287 e. The van der Waals surface area contributed by atoms with Crippen LogP contribution in [0.2, 0.25) is 0 Å². The molecule has 1 aliphatic carbocycles. The summed E-state index contributed by atoms with van der Waals surface area (Å²) in [4.78, 5) is 13.9. The Bertz CT molecular complexity index is 391. The van der Waals surface area contributed by atoms with Crippen molar-refractivity contribution in [1.82, 2.24) is 4.98 Å². The van der Waals surface area contributed by atoms with E-state index in [1.807, 2.05) is 0 Å². The smallest absolute Gasteiger partial charge is 0.287 e. The summed E-state index contributed by atoms with van der Waals surface area (Å²) >= 11 is 0. The number of ether oxygens (including phenoxy) is 1. The van der Waals surface area contributed by atoms with Crippen molar-refractivity contribution in [3.05, 3.63) is 28.4 Å². The maximum atomic E-state index is 10.4. The summed E-state index contributed by atoms with van der Waals surface area (Å²) in [6, 6.07) is 3.21. The average Bonchev–Trinajstić information content (AvgIpc) is 2.33. The lowest BCUT2D eigenvalue weighted by Gasteiger charge is -2.26. The van der Waals surface area contributed by atoms with Crippen LogP contribution in [0, 0.1) is 10.1 Å². The van der Waals surface area contributed by atoms with Gasteiger partial charge in [-0.1, -0.05) is 0 Å². The van der Waals surface area contributed by atoms with Crippen LogP contribution in [0.1, 0.15) is 25.7 Å². The Kier molecular flexibility index (Phi) is 5.30. The van der Waals surface area contributed by atoms with E-state index in [0.717, 1.165) is 25.7 Å². The quantitative estimate of drug-likeness (QED) is 0.672. The highest BCUT2D eigenvalue weighted by molar-refractivity contribution is 5.85. The number of nitrogens with two attached hydrogens (primary N) is 1. The van der Waals surface area contributed by atoms with Crippen LogP contribution in [0.15, 0.2) is 18.3 Å². The summed E-state index contributed by atoms with van der Waals surface area (Å²) in [6.45, 7) is 0. The lowest BCUT2D eigenvalue weighted by molar-refractivity contribution is -0.385. The third-order valence-electron chi connectivity index (χ3n) is 2.94. The van der Waals surface area contributed by atoms with E-state index in [0.29, 0.717) is 5.88 Å². The fraction of sp³-hybridized carbons (Fsp3) is 0.545. The summed E-state index contributed by atoms with van der Waals surface area (Å²) in [6.07, 6.45) is 5.09. The van der Waals surface area contributed by atoms with Crippen LogP contribution in [0.3, 0.4) is 0 Å². The minimum atomic E-state index is -0.476. The highest BCUT2D eigenvalue weighted by Gasteiger charge is 2.20. The number of halogens is 1. The van der Waals surface area contributed by atoms with Gasteiger partial charge in [0.2, 0.25) is 5.88 Å². The second-order valence-corrected chi connectivity index (χ2v) is 4.27. The van der Waals surface area contributed by atoms with Crippen molar-refractivity contribution < 1.29 is 9.66 Å². The van der Waals surface area contributed by atoms with Gasteiger partial charge in [0.1, 0.15) is 12.3 Å². The van der Waals surface area contributed by atoms with E-state index in [4.69, 9.17) is 10.5 Å². The predicted molar refractivity (Wildman–Crippen MR) is 69.0 cm³/mol. The molecule has 1 heterocycles. The number of pyridine rings is 1. The van der Waals surface area contributed by atoms with Crippen molar-refractivity contribution in [2.45, 2.75) is 37.8 Å². The molecular formula is C11H16ClN3O3. The van der Waals surface area contributed by atoms with Crippen molar-refractivity contribution in [2.24, 2.45) is 5.73 Å². The van der Waals surface area contributed by atoms with Gasteiger partial charge in [0.15, 0.2) is 0 Å². The van der Waals surface area contributed by atoms with Gasteiger partial charge in [0, 0.05) is 18.2 Å². The van der Waals surface area contributed by atoms with Crippen LogP contribution in [-0.2, 0) is 0 Å². The Morgan fingerprint density at radius 3 is 2.50 bits per heavy atom. The topological polar surface area (TPSA) is 91.3 Å². The first-order valence-corrected chi connectivity index (χ1v) is 5.68. The molecule has 100 valence electrons. The third kappa shape index (κ3) is 3.82. The fourth-order valence-electron chi connectivity index (χ4n) is 1.93. The van der Waals surface area contributed by atoms with Gasteiger partial charge in [-0.15, -0.1) is 12.4 Å². The molecule has 2 N–H and O–H groups in total. The number of nitrogens with zero attached hydrogens (tertiary/aromatic N) is 2. The van der Waals surface area contributed by atoms with Gasteiger partial charge in [0.05, 0.1) is 4.92 Å². The SMILES string of the molecule is Cl.N[C@H]1CC[C@H](Oc2ccc([N+](=O)[O-])cn2)CC1. The van der Waals surface area contributed by atoms with Gasteiger partial charge in [-0.05, 0) is 25.7 Å². The molecule has 6 nitrogen and oxygen atoms in total. The van der Waals surface area contributed by atoms with Crippen LogP contribution in [0.5, 0.6) is 5.88 Å². The molecule has 0 amide bonds. The molecule has 7 heteroatoms. The highest BCUT2D eigenvalue weighted by atomic mass is 35.5. The minimum Gasteiger partial charge on any atom is -0.474 e. The van der Waals surface area contributed by atoms with E-state index < -0.39 is 4.92 Å². The van der Waals surface area contributed by atoms with Crippen LogP contribution in [0.4, 0.5) is 5.69 Å². The van der Waals surface area contributed by atoms with E-state index >= 15 is 0 Å². The van der Waals surface area contributed by atoms with Gasteiger partial charge in [-0.2, -0.15) is 0 Å². The summed E-state index contributed by atoms with van der Waals surface area (Å²) in [7, 11) is 0. The van der Waals surface area contributed by atoms with Crippen LogP contribution >= 0.6 is 12.4 Å². The molecule has 18 heavy (non-hydrogen) atoms. The summed E-state index contributed by atoms with van der Waals surface area (Å²) < 4.78 is 5.65. The molecule has 0 atom stereocenters. The molecule has 2 rings (SSSR count). The summed E-state index contributed by atoms with van der Waals surface area (Å²) in [5.41, 5.74) is 5.77. The zero-order valence-electron chi connectivity index (χ0n) is 9.82. The number of rotatable bonds is 3. The zero-order chi connectivity index (χ0) is 12.3. The Hall–Kier alpha value is -1.40. The standard InChI is InChI=1S/C11H15N3O3.ClH/c12-8-1-4-10(5-2-8)17-11-6-3-9(7-13-11)14(15)16;/h3,6-8,10H,1-2,4-5,12H2;1H/t8-,10-;. The monoisotopic (exact) mass is 273 g/mol. The Morgan fingerprint density at radius 1 is 1.33 bits per heavy atom. The molecule has 1 aliphatic rings. The Balaban J connectivity index is 0.00000162. The molecule has 0 aromatic carbocycles. The number of hydrogen-bond acceptors (Lipinski definition) is 5. The van der Waals surface area contributed by atoms with Gasteiger partial charge >= 0.3 is 0 Å². The van der Waals surface area contributed by atoms with Crippen LogP contribution in [-0.4, -0.2) is 22.1 Å². The lowest BCUT2D eigenvalue weighted by atomic mass is 9.94. The number of hydrogen-bond donors (Lipinski definition) is 1. The largest absolute Gasteiger partial charge is 0.474 e. The van der Waals surface area contributed by atoms with Crippen molar-refractivity contribution in [1.29, 1.82) is 0 Å². The van der Waals surface area contributed by atoms with Crippen molar-refractivity contribution in [2.75, 3.05) is 0 Å². The first-order chi connectivity index (χ1) is 8.15. The lowest BCUT2D eigenvalue weighted by Crippen LogP contribution is -2.31. The molecular weight excluding hydrogens is 258 g/mol. The van der Waals surface area contributed by atoms with Crippen molar-refractivity contribution in [3.8, 4) is 5.88 Å². The summed E-state index contributed by atoms with van der Waals surface area (Å²) in [5.74, 6) is 0.441. The second-order valence-electron chi connectivity index (χ2n) is 4.27. The summed E-state index contributed by atoms with van der Waals surface area (Å²) in [5, 5.41) is 10.4. The second kappa shape index (κ2) is 6.51. The number of aromatic nitrogens is 1. The molecule has 1 saturated carbocycles. The van der Waals surface area contributed by atoms with Crippen LogP contribution < -0.4 is 10.5 Å². The van der Waals surface area contributed by atoms with Gasteiger partial charge < -0.3 is 10.5 Å².